The molecular weight excluding hydrogens is 290 g/mol. The Labute approximate surface area is 138 Å². The molecule has 0 aromatic heterocycles. The first-order valence-electron chi connectivity index (χ1n) is 8.60. The maximum absolute atomic E-state index is 12.7. The molecule has 1 aliphatic carbocycles. The van der Waals surface area contributed by atoms with E-state index in [0.29, 0.717) is 5.91 Å². The third kappa shape index (κ3) is 3.78. The van der Waals surface area contributed by atoms with Crippen LogP contribution in [0.2, 0.25) is 0 Å². The molecule has 0 radical (unpaired) electrons. The summed E-state index contributed by atoms with van der Waals surface area (Å²) in [6.07, 6.45) is 3.81. The Morgan fingerprint density at radius 3 is 2.57 bits per heavy atom. The lowest BCUT2D eigenvalue weighted by atomic mass is 10.1. The fraction of sp³-hybridized carbons (Fsp3) is 0.611. The average molecular weight is 317 g/mol. The van der Waals surface area contributed by atoms with Crippen molar-refractivity contribution >= 4 is 11.6 Å². The summed E-state index contributed by atoms with van der Waals surface area (Å²) in [5.41, 5.74) is 7.15. The molecule has 1 heterocycles. The molecule has 1 aromatic rings. The number of nitrogens with zero attached hydrogens (tertiary/aromatic N) is 2. The molecule has 5 nitrogen and oxygen atoms in total. The van der Waals surface area contributed by atoms with Crippen LogP contribution >= 0.6 is 0 Å². The number of anilines is 1. The maximum atomic E-state index is 12.7. The van der Waals surface area contributed by atoms with Crippen molar-refractivity contribution in [1.29, 1.82) is 0 Å². The average Bonchev–Trinajstić information content (AvgIpc) is 2.87. The monoisotopic (exact) mass is 317 g/mol. The van der Waals surface area contributed by atoms with E-state index in [2.05, 4.69) is 17.0 Å². The minimum atomic E-state index is 0.150. The van der Waals surface area contributed by atoms with Crippen LogP contribution in [0.3, 0.4) is 0 Å². The van der Waals surface area contributed by atoms with Gasteiger partial charge in [0.15, 0.2) is 0 Å². The van der Waals surface area contributed by atoms with E-state index in [-0.39, 0.29) is 12.0 Å². The van der Waals surface area contributed by atoms with E-state index in [4.69, 9.17) is 10.5 Å². The molecule has 1 aromatic carbocycles. The summed E-state index contributed by atoms with van der Waals surface area (Å²) in [5.74, 6) is 1.34. The summed E-state index contributed by atoms with van der Waals surface area (Å²) in [4.78, 5) is 17.1. The molecule has 126 valence electrons. The molecular formula is C18H27N3O2. The molecule has 1 amide bonds. The highest BCUT2D eigenvalue weighted by Gasteiger charge is 2.31. The van der Waals surface area contributed by atoms with E-state index in [1.807, 2.05) is 17.0 Å². The normalized spacial score (nSPS) is 25.3. The lowest BCUT2D eigenvalue weighted by Gasteiger charge is -2.25. The number of hydrogen-bond donors (Lipinski definition) is 1. The summed E-state index contributed by atoms with van der Waals surface area (Å²) in [6.45, 7) is 3.53. The van der Waals surface area contributed by atoms with E-state index < -0.39 is 0 Å². The molecule has 2 atom stereocenters. The van der Waals surface area contributed by atoms with Crippen LogP contribution in [-0.2, 0) is 4.79 Å². The topological polar surface area (TPSA) is 58.8 Å². The molecule has 1 aliphatic heterocycles. The Balaban J connectivity index is 1.59. The van der Waals surface area contributed by atoms with E-state index in [1.54, 1.807) is 7.11 Å². The molecule has 2 aliphatic rings. The molecule has 23 heavy (non-hydrogen) atoms. The molecule has 1 saturated carbocycles. The lowest BCUT2D eigenvalue weighted by Crippen LogP contribution is -2.38. The second-order valence-electron chi connectivity index (χ2n) is 6.63. The van der Waals surface area contributed by atoms with Crippen molar-refractivity contribution in [1.82, 2.24) is 4.90 Å². The minimum absolute atomic E-state index is 0.150. The summed E-state index contributed by atoms with van der Waals surface area (Å²) < 4.78 is 5.21. The Bertz CT molecular complexity index is 532. The van der Waals surface area contributed by atoms with Gasteiger partial charge in [0.25, 0.3) is 0 Å². The second kappa shape index (κ2) is 7.21. The van der Waals surface area contributed by atoms with E-state index >= 15 is 0 Å². The van der Waals surface area contributed by atoms with Gasteiger partial charge in [0.2, 0.25) is 5.91 Å². The van der Waals surface area contributed by atoms with E-state index in [1.165, 1.54) is 5.69 Å². The zero-order valence-corrected chi connectivity index (χ0v) is 13.9. The van der Waals surface area contributed by atoms with E-state index in [0.717, 1.165) is 57.6 Å². The summed E-state index contributed by atoms with van der Waals surface area (Å²) in [7, 11) is 1.68. The van der Waals surface area contributed by atoms with Crippen molar-refractivity contribution in [3.63, 3.8) is 0 Å². The van der Waals surface area contributed by atoms with E-state index in [9.17, 15) is 4.79 Å². The Morgan fingerprint density at radius 1 is 1.13 bits per heavy atom. The fourth-order valence-electron chi connectivity index (χ4n) is 3.69. The van der Waals surface area contributed by atoms with Gasteiger partial charge in [-0.3, -0.25) is 4.79 Å². The van der Waals surface area contributed by atoms with Gasteiger partial charge < -0.3 is 20.3 Å². The van der Waals surface area contributed by atoms with Crippen LogP contribution in [-0.4, -0.2) is 50.1 Å². The number of methoxy groups -OCH3 is 1. The van der Waals surface area contributed by atoms with Gasteiger partial charge in [-0.25, -0.2) is 0 Å². The lowest BCUT2D eigenvalue weighted by molar-refractivity contribution is -0.135. The number of benzene rings is 1. The van der Waals surface area contributed by atoms with Gasteiger partial charge in [0.1, 0.15) is 5.75 Å². The SMILES string of the molecule is COc1ccc(N2CCCN(C(=O)[C@H]3CC[C@@H](N)C3)CC2)cc1. The molecule has 3 rings (SSSR count). The Morgan fingerprint density at radius 2 is 1.91 bits per heavy atom. The molecule has 5 heteroatoms. The van der Waals surface area contributed by atoms with Gasteiger partial charge in [-0.15, -0.1) is 0 Å². The predicted molar refractivity (Wildman–Crippen MR) is 91.7 cm³/mol. The van der Waals surface area contributed by atoms with Gasteiger partial charge in [-0.05, 0) is 49.9 Å². The van der Waals surface area contributed by atoms with Gasteiger partial charge in [-0.1, -0.05) is 0 Å². The van der Waals surface area contributed by atoms with Gasteiger partial charge in [0, 0.05) is 43.8 Å². The predicted octanol–water partition coefficient (Wildman–Crippen LogP) is 1.86. The molecule has 0 bridgehead atoms. The first-order chi connectivity index (χ1) is 11.2. The maximum Gasteiger partial charge on any atom is 0.225 e. The number of carbonyl (C=O) groups is 1. The highest BCUT2D eigenvalue weighted by molar-refractivity contribution is 5.79. The van der Waals surface area contributed by atoms with Crippen molar-refractivity contribution in [2.75, 3.05) is 38.2 Å². The van der Waals surface area contributed by atoms with Gasteiger partial charge in [0.05, 0.1) is 7.11 Å². The number of hydrogen-bond acceptors (Lipinski definition) is 4. The number of rotatable bonds is 3. The number of nitrogens with two attached hydrogens (primary N) is 1. The van der Waals surface area contributed by atoms with Crippen LogP contribution in [0.1, 0.15) is 25.7 Å². The molecule has 1 saturated heterocycles. The number of amides is 1. The van der Waals surface area contributed by atoms with Crippen molar-refractivity contribution in [2.24, 2.45) is 11.7 Å². The summed E-state index contributed by atoms with van der Waals surface area (Å²) >= 11 is 0. The summed E-state index contributed by atoms with van der Waals surface area (Å²) in [6, 6.07) is 8.37. The highest BCUT2D eigenvalue weighted by atomic mass is 16.5. The first kappa shape index (κ1) is 16.1. The zero-order chi connectivity index (χ0) is 16.2. The van der Waals surface area contributed by atoms with Crippen LogP contribution < -0.4 is 15.4 Å². The second-order valence-corrected chi connectivity index (χ2v) is 6.63. The van der Waals surface area contributed by atoms with Crippen LogP contribution in [0.4, 0.5) is 5.69 Å². The molecule has 2 N–H and O–H groups in total. The van der Waals surface area contributed by atoms with Crippen LogP contribution in [0.5, 0.6) is 5.75 Å². The largest absolute Gasteiger partial charge is 0.497 e. The van der Waals surface area contributed by atoms with Crippen molar-refractivity contribution in [2.45, 2.75) is 31.7 Å². The molecule has 0 unspecified atom stereocenters. The third-order valence-corrected chi connectivity index (χ3v) is 5.07. The third-order valence-electron chi connectivity index (χ3n) is 5.07. The van der Waals surface area contributed by atoms with Crippen molar-refractivity contribution < 1.29 is 9.53 Å². The van der Waals surface area contributed by atoms with Crippen molar-refractivity contribution in [3.05, 3.63) is 24.3 Å². The first-order valence-corrected chi connectivity index (χ1v) is 8.60. The zero-order valence-electron chi connectivity index (χ0n) is 13.9. The van der Waals surface area contributed by atoms with Crippen molar-refractivity contribution in [3.8, 4) is 5.75 Å². The minimum Gasteiger partial charge on any atom is -0.497 e. The number of ether oxygens (including phenoxy) is 1. The van der Waals surface area contributed by atoms with Gasteiger partial charge in [-0.2, -0.15) is 0 Å². The van der Waals surface area contributed by atoms with Crippen LogP contribution in [0.15, 0.2) is 24.3 Å². The quantitative estimate of drug-likeness (QED) is 0.924. The van der Waals surface area contributed by atoms with Crippen LogP contribution in [0.25, 0.3) is 0 Å². The van der Waals surface area contributed by atoms with Gasteiger partial charge >= 0.3 is 0 Å². The fourth-order valence-corrected chi connectivity index (χ4v) is 3.69. The Kier molecular flexibility index (Phi) is 5.06. The number of carbonyl (C=O) groups excluding carboxylic acids is 1. The Hall–Kier alpha value is -1.75. The standard InChI is InChI=1S/C18H27N3O2/c1-23-17-7-5-16(6-8-17)20-9-2-10-21(12-11-20)18(22)14-3-4-15(19)13-14/h5-8,14-15H,2-4,9-13,19H2,1H3/t14-,15+/m0/s1. The molecule has 2 fully saturated rings. The van der Waals surface area contributed by atoms with Crippen LogP contribution in [0, 0.1) is 5.92 Å². The highest BCUT2D eigenvalue weighted by Crippen LogP contribution is 2.27. The smallest absolute Gasteiger partial charge is 0.225 e. The summed E-state index contributed by atoms with van der Waals surface area (Å²) in [5, 5.41) is 0. The molecule has 0 spiro atoms.